The van der Waals surface area contributed by atoms with Crippen molar-refractivity contribution in [3.63, 3.8) is 0 Å². The van der Waals surface area contributed by atoms with Crippen LogP contribution in [0.4, 0.5) is 5.82 Å². The number of phosphoric ester groups is 1. The van der Waals surface area contributed by atoms with Crippen molar-refractivity contribution >= 4 is 40.3 Å². The molecule has 1 fully saturated rings. The highest BCUT2D eigenvalue weighted by Gasteiger charge is 2.54. The standard InChI is InChI=1S/C14H19N6O14P3/c1-14(22)9(21)7(3-31-36(26,27)34-37(28,29)33-35(23,24)25)32-13(14)20-2-6(12-19-18-5-30-12)8-10(15)16-4-17-11(8)20/h2,4-5,7,9,13,21-22H,3H2,1H3,(H,26,27)(H,28,29)(H2,15,16,17)(H2,23,24,25)/t7-,9-,13-,14-/m1/s1. The highest BCUT2D eigenvalue weighted by molar-refractivity contribution is 7.66. The third kappa shape index (κ3) is 5.81. The van der Waals surface area contributed by atoms with E-state index < -0.39 is 54.1 Å². The first kappa shape index (κ1) is 27.9. The van der Waals surface area contributed by atoms with Crippen LogP contribution in [0.5, 0.6) is 0 Å². The summed E-state index contributed by atoms with van der Waals surface area (Å²) in [6.07, 6.45) is -1.20. The van der Waals surface area contributed by atoms with E-state index in [-0.39, 0.29) is 28.3 Å². The van der Waals surface area contributed by atoms with E-state index in [1.807, 2.05) is 0 Å². The van der Waals surface area contributed by atoms with Gasteiger partial charge in [0.15, 0.2) is 6.23 Å². The molecule has 0 saturated carbocycles. The number of phosphoric acid groups is 3. The van der Waals surface area contributed by atoms with Gasteiger partial charge in [-0.25, -0.2) is 23.7 Å². The minimum absolute atomic E-state index is 0.0133. The Hall–Kier alpha value is -2.15. The molecule has 204 valence electrons. The molecule has 4 heterocycles. The van der Waals surface area contributed by atoms with Gasteiger partial charge >= 0.3 is 23.5 Å². The average molecular weight is 588 g/mol. The number of aliphatic hydroxyl groups is 2. The van der Waals surface area contributed by atoms with Gasteiger partial charge in [-0.2, -0.15) is 8.62 Å². The monoisotopic (exact) mass is 588 g/mol. The highest BCUT2D eigenvalue weighted by atomic mass is 31.3. The van der Waals surface area contributed by atoms with Crippen LogP contribution >= 0.6 is 23.5 Å². The molecule has 3 aromatic heterocycles. The first-order chi connectivity index (χ1) is 17.0. The second-order valence-corrected chi connectivity index (χ2v) is 12.2. The minimum Gasteiger partial charge on any atom is -0.423 e. The Kier molecular flexibility index (Phi) is 7.19. The summed E-state index contributed by atoms with van der Waals surface area (Å²) in [5, 5.41) is 29.3. The molecule has 3 aromatic rings. The molecule has 0 bridgehead atoms. The van der Waals surface area contributed by atoms with Gasteiger partial charge in [0.25, 0.3) is 0 Å². The van der Waals surface area contributed by atoms with Crippen molar-refractivity contribution in [3.8, 4) is 11.5 Å². The molecule has 1 aliphatic rings. The number of nitrogens with two attached hydrogens (primary N) is 1. The Morgan fingerprint density at radius 1 is 1.16 bits per heavy atom. The summed E-state index contributed by atoms with van der Waals surface area (Å²) in [4.78, 5) is 44.1. The maximum absolute atomic E-state index is 12.0. The summed E-state index contributed by atoms with van der Waals surface area (Å²) in [7, 11) is -16.9. The van der Waals surface area contributed by atoms with Crippen LogP contribution < -0.4 is 5.73 Å². The summed E-state index contributed by atoms with van der Waals surface area (Å²) in [6.45, 7) is 0.167. The number of anilines is 1. The van der Waals surface area contributed by atoms with Crippen LogP contribution in [0.2, 0.25) is 0 Å². The lowest BCUT2D eigenvalue weighted by atomic mass is 9.96. The van der Waals surface area contributed by atoms with Crippen LogP contribution in [0.3, 0.4) is 0 Å². The Morgan fingerprint density at radius 2 is 1.86 bits per heavy atom. The lowest BCUT2D eigenvalue weighted by Gasteiger charge is -2.27. The Bertz CT molecular complexity index is 1440. The molecule has 6 atom stereocenters. The van der Waals surface area contributed by atoms with E-state index in [4.69, 9.17) is 24.7 Å². The molecule has 4 rings (SSSR count). The van der Waals surface area contributed by atoms with E-state index in [1.54, 1.807) is 0 Å². The Morgan fingerprint density at radius 3 is 2.49 bits per heavy atom. The van der Waals surface area contributed by atoms with E-state index in [1.165, 1.54) is 17.7 Å². The number of hydrogen-bond donors (Lipinski definition) is 7. The van der Waals surface area contributed by atoms with E-state index in [0.29, 0.717) is 0 Å². The molecule has 0 spiro atoms. The SMILES string of the molecule is C[C@@]1(O)[C@H](O)[C@@H](COP(=O)(O)OP(=O)(O)OP(=O)(O)O)O[C@H]1n1cc(-c2nnco2)c2c(N)ncnc21. The molecule has 0 amide bonds. The molecule has 37 heavy (non-hydrogen) atoms. The maximum atomic E-state index is 12.0. The summed E-state index contributed by atoms with van der Waals surface area (Å²) in [6, 6.07) is 0. The molecule has 0 radical (unpaired) electrons. The van der Waals surface area contributed by atoms with E-state index in [2.05, 4.69) is 33.3 Å². The third-order valence-corrected chi connectivity index (χ3v) is 8.86. The molecule has 0 aliphatic carbocycles. The van der Waals surface area contributed by atoms with Crippen LogP contribution in [0, 0.1) is 0 Å². The maximum Gasteiger partial charge on any atom is 0.490 e. The van der Waals surface area contributed by atoms with Gasteiger partial charge in [-0.15, -0.1) is 10.2 Å². The number of rotatable bonds is 9. The van der Waals surface area contributed by atoms with Gasteiger partial charge in [-0.05, 0) is 6.92 Å². The molecular weight excluding hydrogens is 569 g/mol. The lowest BCUT2D eigenvalue weighted by molar-refractivity contribution is -0.0946. The van der Waals surface area contributed by atoms with Crippen LogP contribution in [-0.4, -0.2) is 78.9 Å². The first-order valence-electron chi connectivity index (χ1n) is 9.72. The predicted molar refractivity (Wildman–Crippen MR) is 116 cm³/mol. The Labute approximate surface area is 205 Å². The second-order valence-electron chi connectivity index (χ2n) is 7.74. The van der Waals surface area contributed by atoms with E-state index in [9.17, 15) is 33.7 Å². The zero-order valence-corrected chi connectivity index (χ0v) is 21.0. The van der Waals surface area contributed by atoms with Gasteiger partial charge in [-0.3, -0.25) is 4.52 Å². The van der Waals surface area contributed by atoms with E-state index in [0.717, 1.165) is 12.7 Å². The van der Waals surface area contributed by atoms with Gasteiger partial charge in [0, 0.05) is 6.20 Å². The van der Waals surface area contributed by atoms with Gasteiger partial charge in [0.05, 0.1) is 17.6 Å². The van der Waals surface area contributed by atoms with Gasteiger partial charge < -0.3 is 49.2 Å². The van der Waals surface area contributed by atoms with Crippen molar-refractivity contribution < 1.29 is 65.8 Å². The molecule has 1 saturated heterocycles. The number of ether oxygens (including phenoxy) is 1. The summed E-state index contributed by atoms with van der Waals surface area (Å²) in [5.74, 6) is 0.0343. The number of fused-ring (bicyclic) bond motifs is 1. The van der Waals surface area contributed by atoms with Crippen molar-refractivity contribution in [3.05, 3.63) is 18.9 Å². The summed E-state index contributed by atoms with van der Waals surface area (Å²) >= 11 is 0. The molecule has 2 unspecified atom stereocenters. The second kappa shape index (κ2) is 9.55. The van der Waals surface area contributed by atoms with Crippen LogP contribution in [0.1, 0.15) is 13.2 Å². The number of aromatic nitrogens is 5. The molecule has 0 aromatic carbocycles. The fraction of sp³-hybridized carbons (Fsp3) is 0.429. The fourth-order valence-corrected chi connectivity index (χ4v) is 6.62. The summed E-state index contributed by atoms with van der Waals surface area (Å²) in [5.41, 5.74) is 4.26. The average Bonchev–Trinajstić information content (AvgIpc) is 3.43. The van der Waals surface area contributed by atoms with Crippen molar-refractivity contribution in [2.75, 3.05) is 12.3 Å². The first-order valence-corrected chi connectivity index (χ1v) is 14.2. The minimum atomic E-state index is -5.76. The third-order valence-electron chi connectivity index (χ3n) is 5.05. The van der Waals surface area contributed by atoms with Gasteiger partial charge in [-0.1, -0.05) is 0 Å². The normalized spacial score (nSPS) is 27.8. The van der Waals surface area contributed by atoms with Crippen molar-refractivity contribution in [1.82, 2.24) is 24.7 Å². The smallest absolute Gasteiger partial charge is 0.423 e. The predicted octanol–water partition coefficient (Wildman–Crippen LogP) is -0.584. The molecule has 23 heteroatoms. The van der Waals surface area contributed by atoms with Crippen molar-refractivity contribution in [2.24, 2.45) is 0 Å². The van der Waals surface area contributed by atoms with Crippen LogP contribution in [0.15, 0.2) is 23.3 Å². The molecular formula is C14H19N6O14P3. The quantitative estimate of drug-likeness (QED) is 0.154. The Balaban J connectivity index is 1.59. The highest BCUT2D eigenvalue weighted by Crippen LogP contribution is 2.66. The van der Waals surface area contributed by atoms with Crippen LogP contribution in [0.25, 0.3) is 22.5 Å². The topological polar surface area (TPSA) is 305 Å². The van der Waals surface area contributed by atoms with Crippen LogP contribution in [-0.2, 0) is 31.6 Å². The fourth-order valence-electron chi connectivity index (χ4n) is 3.59. The number of aliphatic hydroxyl groups excluding tert-OH is 1. The van der Waals surface area contributed by atoms with E-state index >= 15 is 0 Å². The molecule has 20 nitrogen and oxygen atoms in total. The van der Waals surface area contributed by atoms with Gasteiger partial charge in [0.2, 0.25) is 12.3 Å². The zero-order valence-electron chi connectivity index (χ0n) is 18.3. The summed E-state index contributed by atoms with van der Waals surface area (Å²) < 4.78 is 58.2. The molecule has 8 N–H and O–H groups in total. The van der Waals surface area contributed by atoms with Crippen molar-refractivity contribution in [1.29, 1.82) is 0 Å². The number of nitrogens with zero attached hydrogens (tertiary/aromatic N) is 5. The zero-order chi connectivity index (χ0) is 27.4. The van der Waals surface area contributed by atoms with Crippen molar-refractivity contribution in [2.45, 2.75) is 31.0 Å². The van der Waals surface area contributed by atoms with Gasteiger partial charge in [0.1, 0.15) is 35.6 Å². The lowest BCUT2D eigenvalue weighted by Crippen LogP contribution is -2.44. The number of nitrogen functional groups attached to an aromatic ring is 1. The number of hydrogen-bond acceptors (Lipinski definition) is 15. The molecule has 1 aliphatic heterocycles. The largest absolute Gasteiger partial charge is 0.490 e.